The Hall–Kier alpha value is -3.12. The molecule has 0 radical (unpaired) electrons. The van der Waals surface area contributed by atoms with Gasteiger partial charge in [-0.25, -0.2) is 0 Å². The van der Waals surface area contributed by atoms with E-state index in [0.717, 1.165) is 28.9 Å². The molecule has 5 nitrogen and oxygen atoms in total. The van der Waals surface area contributed by atoms with Gasteiger partial charge in [-0.2, -0.15) is 0 Å². The van der Waals surface area contributed by atoms with Crippen LogP contribution >= 0.6 is 11.3 Å². The number of nitrogens with zero attached hydrogens (tertiary/aromatic N) is 1. The van der Waals surface area contributed by atoms with E-state index in [2.05, 4.69) is 23.6 Å². The highest BCUT2D eigenvalue weighted by atomic mass is 32.1. The fourth-order valence-electron chi connectivity index (χ4n) is 4.51. The number of ether oxygens (including phenoxy) is 1. The van der Waals surface area contributed by atoms with Crippen molar-refractivity contribution in [3.05, 3.63) is 77.2 Å². The molecule has 1 atom stereocenters. The van der Waals surface area contributed by atoms with Gasteiger partial charge in [-0.05, 0) is 59.5 Å². The van der Waals surface area contributed by atoms with E-state index in [1.807, 2.05) is 42.5 Å². The van der Waals surface area contributed by atoms with Gasteiger partial charge in [0.1, 0.15) is 5.75 Å². The summed E-state index contributed by atoms with van der Waals surface area (Å²) in [6.07, 6.45) is 2.26. The Bertz CT molecular complexity index is 1100. The van der Waals surface area contributed by atoms with Crippen LogP contribution in [0.3, 0.4) is 0 Å². The number of benzene rings is 2. The van der Waals surface area contributed by atoms with Gasteiger partial charge in [0, 0.05) is 18.0 Å². The molecular formula is C26H28N2O3S. The highest BCUT2D eigenvalue weighted by Crippen LogP contribution is 2.35. The molecule has 32 heavy (non-hydrogen) atoms. The number of carbonyl (C=O) groups is 2. The van der Waals surface area contributed by atoms with Crippen molar-refractivity contribution < 1.29 is 14.3 Å². The lowest BCUT2D eigenvalue weighted by Crippen LogP contribution is -2.53. The zero-order valence-corrected chi connectivity index (χ0v) is 19.1. The van der Waals surface area contributed by atoms with E-state index in [-0.39, 0.29) is 18.2 Å². The number of carbonyl (C=O) groups excluding carboxylic acids is 2. The van der Waals surface area contributed by atoms with E-state index in [1.54, 1.807) is 23.3 Å². The topological polar surface area (TPSA) is 72.6 Å². The summed E-state index contributed by atoms with van der Waals surface area (Å²) in [5.74, 6) is 0.403. The first-order chi connectivity index (χ1) is 15.5. The van der Waals surface area contributed by atoms with Crippen LogP contribution in [0.1, 0.15) is 24.0 Å². The highest BCUT2D eigenvalue weighted by Gasteiger charge is 2.42. The minimum atomic E-state index is -0.754. The van der Waals surface area contributed by atoms with Gasteiger partial charge in [-0.15, -0.1) is 11.3 Å². The van der Waals surface area contributed by atoms with Crippen LogP contribution in [0, 0.1) is 5.41 Å². The molecule has 3 aromatic rings. The van der Waals surface area contributed by atoms with Gasteiger partial charge in [0.25, 0.3) is 0 Å². The second-order valence-corrected chi connectivity index (χ2v) is 9.39. The van der Waals surface area contributed by atoms with Gasteiger partial charge in [-0.3, -0.25) is 9.59 Å². The first-order valence-electron chi connectivity index (χ1n) is 10.8. The first kappa shape index (κ1) is 22.1. The summed E-state index contributed by atoms with van der Waals surface area (Å²) in [7, 11) is 1.61. The number of likely N-dealkylation sites (tertiary alicyclic amines) is 1. The molecule has 1 saturated heterocycles. The van der Waals surface area contributed by atoms with E-state index >= 15 is 0 Å². The molecule has 2 heterocycles. The van der Waals surface area contributed by atoms with Gasteiger partial charge < -0.3 is 15.4 Å². The SMILES string of the molecule is COc1cccc(CC(=O)N2CCC[C@](Cc3cccc(-c4cccs4)c3)(C(N)=O)C2)c1. The molecular weight excluding hydrogens is 420 g/mol. The third kappa shape index (κ3) is 4.86. The molecule has 1 fully saturated rings. The van der Waals surface area contributed by atoms with Gasteiger partial charge in [-0.1, -0.05) is 42.5 Å². The molecule has 166 valence electrons. The molecule has 0 spiro atoms. The van der Waals surface area contributed by atoms with Gasteiger partial charge in [0.15, 0.2) is 0 Å². The van der Waals surface area contributed by atoms with Gasteiger partial charge in [0.05, 0.1) is 18.9 Å². The lowest BCUT2D eigenvalue weighted by molar-refractivity contribution is -0.139. The summed E-state index contributed by atoms with van der Waals surface area (Å²) in [5.41, 5.74) is 8.29. The zero-order valence-electron chi connectivity index (χ0n) is 18.3. The number of primary amides is 1. The molecule has 1 aliphatic rings. The number of methoxy groups -OCH3 is 1. The molecule has 4 rings (SSSR count). The number of piperidine rings is 1. The zero-order chi connectivity index (χ0) is 22.6. The number of amides is 2. The predicted octanol–water partition coefficient (Wildman–Crippen LogP) is 4.30. The highest BCUT2D eigenvalue weighted by molar-refractivity contribution is 7.13. The molecule has 1 aromatic heterocycles. The number of hydrogen-bond donors (Lipinski definition) is 1. The van der Waals surface area contributed by atoms with Crippen LogP contribution in [-0.2, 0) is 22.4 Å². The van der Waals surface area contributed by atoms with Crippen LogP contribution < -0.4 is 10.5 Å². The van der Waals surface area contributed by atoms with Crippen molar-refractivity contribution in [2.75, 3.05) is 20.2 Å². The van der Waals surface area contributed by atoms with Gasteiger partial charge in [0.2, 0.25) is 11.8 Å². The second kappa shape index (κ2) is 9.57. The molecule has 0 saturated carbocycles. The predicted molar refractivity (Wildman–Crippen MR) is 128 cm³/mol. The van der Waals surface area contributed by atoms with Crippen molar-refractivity contribution in [3.63, 3.8) is 0 Å². The number of thiophene rings is 1. The van der Waals surface area contributed by atoms with Crippen molar-refractivity contribution in [2.24, 2.45) is 11.1 Å². The third-order valence-electron chi connectivity index (χ3n) is 6.22. The molecule has 2 amide bonds. The van der Waals surface area contributed by atoms with Crippen LogP contribution in [0.4, 0.5) is 0 Å². The molecule has 0 unspecified atom stereocenters. The average molecular weight is 449 g/mol. The Morgan fingerprint density at radius 1 is 1.09 bits per heavy atom. The van der Waals surface area contributed by atoms with Crippen LogP contribution in [0.2, 0.25) is 0 Å². The van der Waals surface area contributed by atoms with Crippen LogP contribution in [-0.4, -0.2) is 36.9 Å². The van der Waals surface area contributed by atoms with Crippen molar-refractivity contribution in [2.45, 2.75) is 25.7 Å². The molecule has 0 bridgehead atoms. The van der Waals surface area contributed by atoms with E-state index in [0.29, 0.717) is 25.9 Å². The Morgan fingerprint density at radius 2 is 1.91 bits per heavy atom. The van der Waals surface area contributed by atoms with E-state index < -0.39 is 5.41 Å². The lowest BCUT2D eigenvalue weighted by atomic mass is 9.74. The Balaban J connectivity index is 1.52. The maximum atomic E-state index is 13.1. The number of nitrogens with two attached hydrogens (primary N) is 1. The summed E-state index contributed by atoms with van der Waals surface area (Å²) in [6.45, 7) is 1.00. The summed E-state index contributed by atoms with van der Waals surface area (Å²) < 4.78 is 5.26. The summed E-state index contributed by atoms with van der Waals surface area (Å²) >= 11 is 1.69. The fraction of sp³-hybridized carbons (Fsp3) is 0.308. The largest absolute Gasteiger partial charge is 0.497 e. The molecule has 1 aliphatic heterocycles. The minimum absolute atomic E-state index is 0.0101. The van der Waals surface area contributed by atoms with Crippen molar-refractivity contribution in [1.29, 1.82) is 0 Å². The van der Waals surface area contributed by atoms with Crippen molar-refractivity contribution in [1.82, 2.24) is 4.90 Å². The smallest absolute Gasteiger partial charge is 0.227 e. The normalized spacial score (nSPS) is 18.3. The summed E-state index contributed by atoms with van der Waals surface area (Å²) in [5, 5.41) is 2.06. The van der Waals surface area contributed by atoms with Crippen LogP contribution in [0.25, 0.3) is 10.4 Å². The molecule has 2 N–H and O–H groups in total. The fourth-order valence-corrected chi connectivity index (χ4v) is 5.24. The third-order valence-corrected chi connectivity index (χ3v) is 7.14. The minimum Gasteiger partial charge on any atom is -0.497 e. The standard InChI is InChI=1S/C26H28N2O3S/c1-31-22-9-3-6-19(15-22)16-24(29)28-12-5-11-26(18-28,25(27)30)17-20-7-2-8-21(14-20)23-10-4-13-32-23/h2-4,6-10,13-15H,5,11-12,16-18H2,1H3,(H2,27,30)/t26-/m1/s1. The Morgan fingerprint density at radius 3 is 2.66 bits per heavy atom. The maximum absolute atomic E-state index is 13.1. The first-order valence-corrected chi connectivity index (χ1v) is 11.7. The number of rotatable bonds is 7. The monoisotopic (exact) mass is 448 g/mol. The molecule has 6 heteroatoms. The Labute approximate surface area is 192 Å². The van der Waals surface area contributed by atoms with Gasteiger partial charge >= 0.3 is 0 Å². The average Bonchev–Trinajstić information content (AvgIpc) is 3.34. The quantitative estimate of drug-likeness (QED) is 0.586. The van der Waals surface area contributed by atoms with E-state index in [9.17, 15) is 9.59 Å². The van der Waals surface area contributed by atoms with Crippen LogP contribution in [0.5, 0.6) is 5.75 Å². The van der Waals surface area contributed by atoms with Crippen molar-refractivity contribution >= 4 is 23.2 Å². The lowest BCUT2D eigenvalue weighted by Gasteiger charge is -2.41. The van der Waals surface area contributed by atoms with E-state index in [1.165, 1.54) is 4.88 Å². The number of hydrogen-bond acceptors (Lipinski definition) is 4. The Kier molecular flexibility index (Phi) is 6.61. The van der Waals surface area contributed by atoms with Crippen molar-refractivity contribution in [3.8, 4) is 16.2 Å². The maximum Gasteiger partial charge on any atom is 0.227 e. The van der Waals surface area contributed by atoms with Crippen LogP contribution in [0.15, 0.2) is 66.0 Å². The van der Waals surface area contributed by atoms with E-state index in [4.69, 9.17) is 10.5 Å². The second-order valence-electron chi connectivity index (χ2n) is 8.45. The summed E-state index contributed by atoms with van der Waals surface area (Å²) in [4.78, 5) is 28.7. The summed E-state index contributed by atoms with van der Waals surface area (Å²) in [6, 6.07) is 19.9. The molecule has 0 aliphatic carbocycles. The molecule has 2 aromatic carbocycles.